The zero-order chi connectivity index (χ0) is 28.5. The van der Waals surface area contributed by atoms with Crippen LogP contribution in [-0.2, 0) is 0 Å². The Morgan fingerprint density at radius 1 is 0.579 bits per heavy atom. The summed E-state index contributed by atoms with van der Waals surface area (Å²) in [5.41, 5.74) is 18.2. The first kappa shape index (κ1) is 30.3. The van der Waals surface area contributed by atoms with Crippen molar-refractivity contribution in [3.63, 3.8) is 0 Å². The highest BCUT2D eigenvalue weighted by Gasteiger charge is 2.07. The molecule has 0 spiro atoms. The molecule has 0 heterocycles. The van der Waals surface area contributed by atoms with E-state index in [1.807, 2.05) is 37.4 Å². The minimum absolute atomic E-state index is 0.0278. The molecule has 0 aromatic heterocycles. The van der Waals surface area contributed by atoms with Crippen LogP contribution in [0.1, 0.15) is 0 Å². The summed E-state index contributed by atoms with van der Waals surface area (Å²) in [6.07, 6.45) is 0. The van der Waals surface area contributed by atoms with Crippen LogP contribution in [0.3, 0.4) is 0 Å². The smallest absolute Gasteiger partial charge is 0.292 e. The number of benzene rings is 4. The summed E-state index contributed by atoms with van der Waals surface area (Å²) in [7, 11) is 1.91. The van der Waals surface area contributed by atoms with Crippen LogP contribution < -0.4 is 22.5 Å². The topological polar surface area (TPSA) is 220 Å². The van der Waals surface area contributed by atoms with E-state index in [9.17, 15) is 30.3 Å². The lowest BCUT2D eigenvalue weighted by atomic mass is 10.3. The molecule has 0 bridgehead atoms. The minimum atomic E-state index is -0.505. The number of nitro benzene ring substituents is 3. The summed E-state index contributed by atoms with van der Waals surface area (Å²) in [5, 5.41) is 33.4. The molecule has 0 saturated carbocycles. The Labute approximate surface area is 218 Å². The van der Waals surface area contributed by atoms with Gasteiger partial charge in [0.05, 0.1) is 14.8 Å². The number of nitro groups is 3. The van der Waals surface area contributed by atoms with E-state index in [0.29, 0.717) is 11.4 Å². The van der Waals surface area contributed by atoms with Crippen LogP contribution in [-0.4, -0.2) is 21.8 Å². The van der Waals surface area contributed by atoms with E-state index in [1.165, 1.54) is 48.5 Å². The van der Waals surface area contributed by atoms with Gasteiger partial charge in [0, 0.05) is 54.4 Å². The lowest BCUT2D eigenvalue weighted by Gasteiger charge is -1.94. The second-order valence-corrected chi connectivity index (χ2v) is 7.13. The van der Waals surface area contributed by atoms with Gasteiger partial charge in [-0.25, -0.2) is 0 Å². The summed E-state index contributed by atoms with van der Waals surface area (Å²) >= 11 is 0. The fourth-order valence-corrected chi connectivity index (χ4v) is 2.49. The molecule has 198 valence electrons. The van der Waals surface area contributed by atoms with Gasteiger partial charge in [-0.2, -0.15) is 0 Å². The average molecular weight is 522 g/mol. The molecule has 4 aromatic rings. The Morgan fingerprint density at radius 3 is 1.53 bits per heavy atom. The highest BCUT2D eigenvalue weighted by atomic mass is 16.6. The zero-order valence-corrected chi connectivity index (χ0v) is 20.3. The number of para-hydroxylation sites is 3. The molecule has 13 heteroatoms. The van der Waals surface area contributed by atoms with E-state index in [-0.39, 0.29) is 22.7 Å². The molecule has 0 fully saturated rings. The highest BCUT2D eigenvalue weighted by Crippen LogP contribution is 2.18. The van der Waals surface area contributed by atoms with Crippen molar-refractivity contribution in [2.45, 2.75) is 0 Å². The van der Waals surface area contributed by atoms with Crippen molar-refractivity contribution in [1.29, 1.82) is 0 Å². The Morgan fingerprint density at radius 2 is 1.13 bits per heavy atom. The van der Waals surface area contributed by atoms with Crippen molar-refractivity contribution in [3.8, 4) is 0 Å². The van der Waals surface area contributed by atoms with Gasteiger partial charge >= 0.3 is 0 Å². The lowest BCUT2D eigenvalue weighted by molar-refractivity contribution is -0.385. The van der Waals surface area contributed by atoms with E-state index >= 15 is 0 Å². The third-order valence-electron chi connectivity index (χ3n) is 4.38. The Kier molecular flexibility index (Phi) is 12.8. The molecular formula is C25H27N7O6. The van der Waals surface area contributed by atoms with Gasteiger partial charge in [-0.1, -0.05) is 36.4 Å². The van der Waals surface area contributed by atoms with Gasteiger partial charge in [-0.15, -0.1) is 0 Å². The maximum absolute atomic E-state index is 10.1. The van der Waals surface area contributed by atoms with Gasteiger partial charge in [0.1, 0.15) is 5.69 Å². The van der Waals surface area contributed by atoms with Crippen LogP contribution in [0, 0.1) is 30.3 Å². The number of nitrogens with zero attached hydrogens (tertiary/aromatic N) is 3. The second-order valence-electron chi connectivity index (χ2n) is 7.13. The molecule has 0 radical (unpaired) electrons. The summed E-state index contributed by atoms with van der Waals surface area (Å²) < 4.78 is 0. The fraction of sp³-hybridized carbons (Fsp3) is 0.0400. The molecule has 38 heavy (non-hydrogen) atoms. The van der Waals surface area contributed by atoms with Crippen LogP contribution in [0.2, 0.25) is 0 Å². The minimum Gasteiger partial charge on any atom is -0.399 e. The van der Waals surface area contributed by atoms with E-state index < -0.39 is 14.8 Å². The van der Waals surface area contributed by atoms with Gasteiger partial charge in [0.25, 0.3) is 17.1 Å². The number of anilines is 4. The molecule has 0 saturated heterocycles. The number of hydrogen-bond acceptors (Lipinski definition) is 10. The Bertz CT molecular complexity index is 1320. The molecule has 4 aromatic carbocycles. The van der Waals surface area contributed by atoms with E-state index in [4.69, 9.17) is 17.2 Å². The van der Waals surface area contributed by atoms with Crippen LogP contribution in [0.15, 0.2) is 103 Å². The summed E-state index contributed by atoms with van der Waals surface area (Å²) in [6, 6.07) is 27.8. The first-order valence-electron chi connectivity index (χ1n) is 10.8. The monoisotopic (exact) mass is 521 g/mol. The van der Waals surface area contributed by atoms with Gasteiger partial charge in [-0.05, 0) is 36.4 Å². The van der Waals surface area contributed by atoms with Crippen molar-refractivity contribution >= 4 is 39.8 Å². The van der Waals surface area contributed by atoms with Crippen molar-refractivity contribution in [2.24, 2.45) is 0 Å². The van der Waals surface area contributed by atoms with Crippen LogP contribution in [0.4, 0.5) is 39.8 Å². The molecular weight excluding hydrogens is 494 g/mol. The normalized spacial score (nSPS) is 9.08. The molecule has 0 aliphatic carbocycles. The molecule has 0 aliphatic heterocycles. The standard InChI is InChI=1S/C7H9N.3C6H6N2O2/c1-8-7-5-3-2-4-6-7;7-5-1-3-6(4-2-5)8(9)10;7-5-2-1-3-6(4-5)8(9)10;7-5-3-1-2-4-6(5)8(9)10/h2-6,8H,1H3;3*1-4H,7H2. The number of nitrogen functional groups attached to an aromatic ring is 3. The Hall–Kier alpha value is -5.72. The lowest BCUT2D eigenvalue weighted by Crippen LogP contribution is -1.93. The second kappa shape index (κ2) is 16.0. The zero-order valence-electron chi connectivity index (χ0n) is 20.3. The van der Waals surface area contributed by atoms with Gasteiger partial charge in [-0.3, -0.25) is 30.3 Å². The van der Waals surface area contributed by atoms with Crippen molar-refractivity contribution in [3.05, 3.63) is 133 Å². The van der Waals surface area contributed by atoms with E-state index in [1.54, 1.807) is 24.3 Å². The number of nitrogens with one attached hydrogen (secondary N) is 1. The third-order valence-corrected chi connectivity index (χ3v) is 4.38. The third kappa shape index (κ3) is 11.6. The highest BCUT2D eigenvalue weighted by molar-refractivity contribution is 5.57. The van der Waals surface area contributed by atoms with Crippen molar-refractivity contribution in [1.82, 2.24) is 0 Å². The van der Waals surface area contributed by atoms with Gasteiger partial charge in [0.2, 0.25) is 0 Å². The Balaban J connectivity index is 0.000000254. The molecule has 0 aliphatic rings. The quantitative estimate of drug-likeness (QED) is 0.155. The maximum Gasteiger partial charge on any atom is 0.292 e. The predicted molar refractivity (Wildman–Crippen MR) is 149 cm³/mol. The summed E-state index contributed by atoms with van der Waals surface area (Å²) in [4.78, 5) is 28.9. The first-order chi connectivity index (χ1) is 18.0. The maximum atomic E-state index is 10.1. The molecule has 0 amide bonds. The molecule has 7 N–H and O–H groups in total. The number of hydrogen-bond donors (Lipinski definition) is 4. The van der Waals surface area contributed by atoms with Gasteiger partial charge in [0.15, 0.2) is 0 Å². The van der Waals surface area contributed by atoms with Gasteiger partial charge < -0.3 is 22.5 Å². The average Bonchev–Trinajstić information content (AvgIpc) is 2.90. The number of nitrogens with two attached hydrogens (primary N) is 3. The van der Waals surface area contributed by atoms with Crippen LogP contribution >= 0.6 is 0 Å². The predicted octanol–water partition coefficient (Wildman–Crippen LogP) is 5.26. The number of non-ortho nitro benzene ring substituents is 2. The first-order valence-corrected chi connectivity index (χ1v) is 10.8. The van der Waals surface area contributed by atoms with Crippen LogP contribution in [0.25, 0.3) is 0 Å². The SMILES string of the molecule is CNc1ccccc1.Nc1ccc([N+](=O)[O-])cc1.Nc1cccc([N+](=O)[O-])c1.Nc1ccccc1[N+](=O)[O-]. The van der Waals surface area contributed by atoms with E-state index in [0.717, 1.165) is 5.69 Å². The van der Waals surface area contributed by atoms with Crippen LogP contribution in [0.5, 0.6) is 0 Å². The summed E-state index contributed by atoms with van der Waals surface area (Å²) in [6.45, 7) is 0. The molecule has 0 unspecified atom stereocenters. The molecule has 0 atom stereocenters. The molecule has 4 rings (SSSR count). The van der Waals surface area contributed by atoms with Crippen molar-refractivity contribution in [2.75, 3.05) is 29.6 Å². The summed E-state index contributed by atoms with van der Waals surface area (Å²) in [5.74, 6) is 0. The molecule has 13 nitrogen and oxygen atoms in total. The van der Waals surface area contributed by atoms with E-state index in [2.05, 4.69) is 5.32 Å². The van der Waals surface area contributed by atoms with Crippen molar-refractivity contribution < 1.29 is 14.8 Å². The fourth-order valence-electron chi connectivity index (χ4n) is 2.49. The number of rotatable bonds is 4. The largest absolute Gasteiger partial charge is 0.399 e.